The molecular weight excluding hydrogens is 344 g/mol. The Hall–Kier alpha value is -2.79. The number of Topliss-reactive ketones (excluding diaryl/α,β-unsaturated/α-hetero) is 1. The molecule has 4 nitrogen and oxygen atoms in total. The smallest absolute Gasteiger partial charge is 0.163 e. The Morgan fingerprint density at radius 3 is 2.65 bits per heavy atom. The van der Waals surface area contributed by atoms with E-state index in [0.29, 0.717) is 6.42 Å². The summed E-state index contributed by atoms with van der Waals surface area (Å²) in [6.45, 7) is 0. The molecule has 3 heterocycles. The number of thiophene rings is 1. The topological polar surface area (TPSA) is 54.3 Å². The SMILES string of the molecule is O=C1CC(c2cccs2)CC2=C1C(c1ccco1)Nc1ccccc1N2. The number of rotatable bonds is 2. The molecule has 0 saturated carbocycles. The molecule has 130 valence electrons. The maximum atomic E-state index is 13.2. The van der Waals surface area contributed by atoms with Crippen LogP contribution in [-0.2, 0) is 4.79 Å². The van der Waals surface area contributed by atoms with Crippen LogP contribution >= 0.6 is 11.3 Å². The molecule has 2 unspecified atom stereocenters. The van der Waals surface area contributed by atoms with Gasteiger partial charge in [-0.15, -0.1) is 11.3 Å². The molecule has 5 rings (SSSR count). The van der Waals surface area contributed by atoms with Crippen LogP contribution < -0.4 is 10.6 Å². The zero-order valence-corrected chi connectivity index (χ0v) is 14.9. The molecule has 1 aromatic carbocycles. The number of benzene rings is 1. The van der Waals surface area contributed by atoms with Crippen molar-refractivity contribution in [2.24, 2.45) is 0 Å². The highest BCUT2D eigenvalue weighted by molar-refractivity contribution is 7.10. The highest BCUT2D eigenvalue weighted by Gasteiger charge is 2.37. The first-order chi connectivity index (χ1) is 12.8. The summed E-state index contributed by atoms with van der Waals surface area (Å²) in [7, 11) is 0. The monoisotopic (exact) mass is 362 g/mol. The standard InChI is InChI=1S/C21H18N2O2S/c24-17-12-13(19-8-4-10-26-19)11-16-20(17)21(18-7-3-9-25-18)23-15-6-2-1-5-14(15)22-16/h1-10,13,21-23H,11-12H2. The predicted molar refractivity (Wildman–Crippen MR) is 103 cm³/mol. The van der Waals surface area contributed by atoms with Gasteiger partial charge in [-0.05, 0) is 42.1 Å². The number of carbonyl (C=O) groups is 1. The van der Waals surface area contributed by atoms with Gasteiger partial charge in [-0.2, -0.15) is 0 Å². The zero-order chi connectivity index (χ0) is 17.5. The van der Waals surface area contributed by atoms with E-state index in [-0.39, 0.29) is 17.7 Å². The molecule has 2 aliphatic rings. The summed E-state index contributed by atoms with van der Waals surface area (Å²) in [5, 5.41) is 9.12. The molecule has 2 aromatic heterocycles. The Bertz CT molecular complexity index is 973. The second kappa shape index (κ2) is 6.18. The Kier molecular flexibility index (Phi) is 3.68. The maximum Gasteiger partial charge on any atom is 0.163 e. The summed E-state index contributed by atoms with van der Waals surface area (Å²) >= 11 is 1.72. The molecule has 3 aromatic rings. The lowest BCUT2D eigenvalue weighted by atomic mass is 9.82. The normalized spacial score (nSPS) is 22.1. The predicted octanol–water partition coefficient (Wildman–Crippen LogP) is 5.32. The molecule has 0 bridgehead atoms. The van der Waals surface area contributed by atoms with Crippen molar-refractivity contribution in [3.8, 4) is 0 Å². The number of hydrogen-bond donors (Lipinski definition) is 2. The third kappa shape index (κ3) is 2.56. The largest absolute Gasteiger partial charge is 0.467 e. The van der Waals surface area contributed by atoms with E-state index in [1.54, 1.807) is 17.6 Å². The van der Waals surface area contributed by atoms with Crippen LogP contribution in [0.3, 0.4) is 0 Å². The van der Waals surface area contributed by atoms with Gasteiger partial charge in [-0.25, -0.2) is 0 Å². The summed E-state index contributed by atoms with van der Waals surface area (Å²) in [6.07, 6.45) is 3.02. The summed E-state index contributed by atoms with van der Waals surface area (Å²) in [5.41, 5.74) is 3.76. The fraction of sp³-hybridized carbons (Fsp3) is 0.190. The number of anilines is 2. The highest BCUT2D eigenvalue weighted by Crippen LogP contribution is 2.44. The van der Waals surface area contributed by atoms with Crippen LogP contribution in [0.5, 0.6) is 0 Å². The van der Waals surface area contributed by atoms with Gasteiger partial charge in [0.1, 0.15) is 11.8 Å². The van der Waals surface area contributed by atoms with Crippen molar-refractivity contribution in [2.75, 3.05) is 10.6 Å². The van der Waals surface area contributed by atoms with E-state index in [9.17, 15) is 4.79 Å². The van der Waals surface area contributed by atoms with Gasteiger partial charge in [0.2, 0.25) is 0 Å². The van der Waals surface area contributed by atoms with Crippen molar-refractivity contribution in [1.82, 2.24) is 0 Å². The van der Waals surface area contributed by atoms with Crippen LogP contribution in [0.2, 0.25) is 0 Å². The highest BCUT2D eigenvalue weighted by atomic mass is 32.1. The van der Waals surface area contributed by atoms with Crippen LogP contribution in [0.25, 0.3) is 0 Å². The number of ketones is 1. The average Bonchev–Trinajstić information content (AvgIpc) is 3.33. The van der Waals surface area contributed by atoms with Crippen LogP contribution in [0, 0.1) is 0 Å². The lowest BCUT2D eigenvalue weighted by Crippen LogP contribution is -2.26. The molecule has 2 N–H and O–H groups in total. The number of carbonyl (C=O) groups excluding carboxylic acids is 1. The summed E-state index contributed by atoms with van der Waals surface area (Å²) in [6, 6.07) is 15.8. The average molecular weight is 362 g/mol. The maximum absolute atomic E-state index is 13.2. The van der Waals surface area contributed by atoms with Crippen molar-refractivity contribution >= 4 is 28.5 Å². The second-order valence-electron chi connectivity index (χ2n) is 6.70. The van der Waals surface area contributed by atoms with E-state index < -0.39 is 0 Å². The minimum atomic E-state index is -0.270. The van der Waals surface area contributed by atoms with E-state index in [0.717, 1.165) is 34.8 Å². The van der Waals surface area contributed by atoms with Crippen molar-refractivity contribution in [3.63, 3.8) is 0 Å². The van der Waals surface area contributed by atoms with Crippen LogP contribution in [-0.4, -0.2) is 5.78 Å². The minimum Gasteiger partial charge on any atom is -0.467 e. The molecule has 0 saturated heterocycles. The molecule has 5 heteroatoms. The zero-order valence-electron chi connectivity index (χ0n) is 14.1. The fourth-order valence-electron chi connectivity index (χ4n) is 3.89. The van der Waals surface area contributed by atoms with E-state index in [1.807, 2.05) is 36.4 Å². The molecule has 26 heavy (non-hydrogen) atoms. The Morgan fingerprint density at radius 1 is 1.00 bits per heavy atom. The third-order valence-electron chi connectivity index (χ3n) is 5.08. The molecule has 2 atom stereocenters. The van der Waals surface area contributed by atoms with Gasteiger partial charge in [0, 0.05) is 28.5 Å². The number of fused-ring (bicyclic) bond motifs is 1. The van der Waals surface area contributed by atoms with E-state index >= 15 is 0 Å². The van der Waals surface area contributed by atoms with Crippen molar-refractivity contribution in [1.29, 1.82) is 0 Å². The number of nitrogens with one attached hydrogen (secondary N) is 2. The lowest BCUT2D eigenvalue weighted by Gasteiger charge is -2.28. The second-order valence-corrected chi connectivity index (χ2v) is 7.68. The van der Waals surface area contributed by atoms with Crippen LogP contribution in [0.4, 0.5) is 11.4 Å². The van der Waals surface area contributed by atoms with Gasteiger partial charge in [0.05, 0.1) is 17.6 Å². The van der Waals surface area contributed by atoms with Crippen LogP contribution in [0.1, 0.15) is 35.4 Å². The summed E-state index contributed by atoms with van der Waals surface area (Å²) in [4.78, 5) is 14.4. The van der Waals surface area contributed by atoms with E-state index in [4.69, 9.17) is 4.42 Å². The van der Waals surface area contributed by atoms with Gasteiger partial charge in [-0.3, -0.25) is 4.79 Å². The molecule has 0 fully saturated rings. The summed E-state index contributed by atoms with van der Waals surface area (Å²) in [5.74, 6) is 1.18. The number of para-hydroxylation sites is 2. The van der Waals surface area contributed by atoms with E-state index in [1.165, 1.54) is 4.88 Å². The molecule has 1 aliphatic heterocycles. The summed E-state index contributed by atoms with van der Waals surface area (Å²) < 4.78 is 5.67. The van der Waals surface area contributed by atoms with Crippen molar-refractivity contribution < 1.29 is 9.21 Å². The Balaban J connectivity index is 1.62. The lowest BCUT2D eigenvalue weighted by molar-refractivity contribution is -0.116. The van der Waals surface area contributed by atoms with Crippen molar-refractivity contribution in [2.45, 2.75) is 24.8 Å². The van der Waals surface area contributed by atoms with Gasteiger partial charge in [0.25, 0.3) is 0 Å². The van der Waals surface area contributed by atoms with Gasteiger partial charge in [0.15, 0.2) is 5.78 Å². The first-order valence-corrected chi connectivity index (χ1v) is 9.63. The minimum absolute atomic E-state index is 0.179. The number of allylic oxidation sites excluding steroid dienone is 1. The number of hydrogen-bond acceptors (Lipinski definition) is 5. The third-order valence-corrected chi connectivity index (χ3v) is 6.12. The quantitative estimate of drug-likeness (QED) is 0.648. The van der Waals surface area contributed by atoms with Gasteiger partial charge in [-0.1, -0.05) is 18.2 Å². The molecule has 1 aliphatic carbocycles. The first-order valence-electron chi connectivity index (χ1n) is 8.75. The van der Waals surface area contributed by atoms with E-state index in [2.05, 4.69) is 28.1 Å². The molecule has 0 spiro atoms. The number of furan rings is 1. The first kappa shape index (κ1) is 15.5. The Morgan fingerprint density at radius 2 is 1.88 bits per heavy atom. The Labute approximate surface area is 155 Å². The van der Waals surface area contributed by atoms with Gasteiger partial charge < -0.3 is 15.1 Å². The fourth-order valence-corrected chi connectivity index (χ4v) is 4.72. The molecule has 0 radical (unpaired) electrons. The van der Waals surface area contributed by atoms with Gasteiger partial charge >= 0.3 is 0 Å². The van der Waals surface area contributed by atoms with Crippen LogP contribution in [0.15, 0.2) is 75.9 Å². The van der Waals surface area contributed by atoms with Crippen molar-refractivity contribution in [3.05, 3.63) is 82.1 Å². The molecular formula is C21H18N2O2S. The molecule has 0 amide bonds.